The number of carboxylic acid groups (broad SMARTS) is 1. The zero-order valence-corrected chi connectivity index (χ0v) is 24.1. The summed E-state index contributed by atoms with van der Waals surface area (Å²) in [6.45, 7) is 12.9. The maximum atomic E-state index is 11.6. The minimum absolute atomic E-state index is 0.200. The molecule has 4 rings (SSSR count). The zero-order valence-electron chi connectivity index (χ0n) is 24.1. The first-order chi connectivity index (χ1) is 17.5. The molecule has 1 N–H and O–H groups in total. The summed E-state index contributed by atoms with van der Waals surface area (Å²) in [6.07, 6.45) is 19.8. The molecular formula is C33H52O4. The maximum absolute atomic E-state index is 11.6. The number of carbonyl (C=O) groups excluding carboxylic acids is 1. The van der Waals surface area contributed by atoms with E-state index in [1.807, 2.05) is 0 Å². The van der Waals surface area contributed by atoms with E-state index < -0.39 is 12.4 Å². The van der Waals surface area contributed by atoms with E-state index in [-0.39, 0.29) is 11.9 Å². The van der Waals surface area contributed by atoms with Gasteiger partial charge in [-0.25, -0.2) is 0 Å². The van der Waals surface area contributed by atoms with Crippen molar-refractivity contribution in [2.24, 2.45) is 46.3 Å². The van der Waals surface area contributed by atoms with Crippen molar-refractivity contribution in [2.75, 3.05) is 6.61 Å². The highest BCUT2D eigenvalue weighted by atomic mass is 16.5. The van der Waals surface area contributed by atoms with Crippen molar-refractivity contribution in [2.45, 2.75) is 118 Å². The van der Waals surface area contributed by atoms with Crippen molar-refractivity contribution >= 4 is 11.8 Å². The van der Waals surface area contributed by atoms with Gasteiger partial charge in [0.25, 0.3) is 0 Å². The summed E-state index contributed by atoms with van der Waals surface area (Å²) in [5.74, 6) is 3.68. The van der Waals surface area contributed by atoms with Crippen molar-refractivity contribution in [1.29, 1.82) is 0 Å². The average Bonchev–Trinajstić information content (AvgIpc) is 3.18. The van der Waals surface area contributed by atoms with Gasteiger partial charge in [0.1, 0.15) is 6.42 Å². The number of hydrogen-bond acceptors (Lipinski definition) is 3. The van der Waals surface area contributed by atoms with E-state index in [2.05, 4.69) is 40.7 Å². The molecule has 3 fully saturated rings. The number of carbonyl (C=O) groups is 2. The standard InChI is InChI=1S/C33H52O4/c1-22(2)8-6-9-23(3)28-13-14-29-27-12-11-24-20-26(37-19-7-10-25(34)21-31(35)36)15-17-32(24,4)30(27)16-18-33(28,29)5/h7,10-11,22-23,26-30H,6,8-9,12-21H2,1-5H3,(H,35,36)/b10-7+/t23-,26+,27?,28-,29?,30?,32+,33-/m1/s1. The second-order valence-electron chi connectivity index (χ2n) is 13.9. The first kappa shape index (κ1) is 28.6. The number of hydrogen-bond donors (Lipinski definition) is 1. The monoisotopic (exact) mass is 512 g/mol. The lowest BCUT2D eigenvalue weighted by atomic mass is 9.47. The van der Waals surface area contributed by atoms with Crippen molar-refractivity contribution in [3.05, 3.63) is 23.8 Å². The van der Waals surface area contributed by atoms with Crippen LogP contribution in [0, 0.1) is 46.3 Å². The predicted octanol–water partition coefficient (Wildman–Crippen LogP) is 8.01. The third-order valence-corrected chi connectivity index (χ3v) is 11.3. The fourth-order valence-electron chi connectivity index (χ4n) is 9.37. The Morgan fingerprint density at radius 1 is 1.08 bits per heavy atom. The average molecular weight is 513 g/mol. The second-order valence-corrected chi connectivity index (χ2v) is 13.9. The molecule has 0 aromatic rings. The summed E-state index contributed by atoms with van der Waals surface area (Å²) >= 11 is 0. The van der Waals surface area contributed by atoms with E-state index in [0.717, 1.165) is 48.3 Å². The largest absolute Gasteiger partial charge is 0.481 e. The second kappa shape index (κ2) is 11.8. The molecule has 8 atom stereocenters. The Morgan fingerprint density at radius 2 is 1.86 bits per heavy atom. The van der Waals surface area contributed by atoms with E-state index in [9.17, 15) is 9.59 Å². The minimum atomic E-state index is -1.09. The van der Waals surface area contributed by atoms with Gasteiger partial charge < -0.3 is 9.84 Å². The van der Waals surface area contributed by atoms with Crippen LogP contribution >= 0.6 is 0 Å². The number of fused-ring (bicyclic) bond motifs is 5. The van der Waals surface area contributed by atoms with Gasteiger partial charge in [0.05, 0.1) is 12.7 Å². The van der Waals surface area contributed by atoms with Gasteiger partial charge in [-0.2, -0.15) is 0 Å². The summed E-state index contributed by atoms with van der Waals surface area (Å²) in [6, 6.07) is 0. The predicted molar refractivity (Wildman–Crippen MR) is 149 cm³/mol. The third kappa shape index (κ3) is 6.10. The molecule has 4 aliphatic carbocycles. The Morgan fingerprint density at radius 3 is 2.59 bits per heavy atom. The molecule has 0 aromatic heterocycles. The minimum Gasteiger partial charge on any atom is -0.481 e. The molecule has 3 unspecified atom stereocenters. The topological polar surface area (TPSA) is 63.6 Å². The number of rotatable bonds is 11. The van der Waals surface area contributed by atoms with Gasteiger partial charge in [-0.3, -0.25) is 9.59 Å². The molecule has 208 valence electrons. The van der Waals surface area contributed by atoms with Crippen LogP contribution in [0.2, 0.25) is 0 Å². The number of aliphatic carboxylic acids is 1. The van der Waals surface area contributed by atoms with E-state index in [0.29, 0.717) is 17.4 Å². The van der Waals surface area contributed by atoms with Crippen molar-refractivity contribution in [1.82, 2.24) is 0 Å². The van der Waals surface area contributed by atoms with Crippen molar-refractivity contribution < 1.29 is 19.4 Å². The van der Waals surface area contributed by atoms with Crippen LogP contribution in [0.5, 0.6) is 0 Å². The third-order valence-electron chi connectivity index (χ3n) is 11.3. The SMILES string of the molecule is CC(C)CCC[C@@H](C)[C@H]1CCC2C3CC=C4C[C@@H](OC/C=C/C(=O)CC(=O)O)CC[C@]4(C)C3CC[C@@]21C. The fourth-order valence-corrected chi connectivity index (χ4v) is 9.37. The Hall–Kier alpha value is -1.42. The van der Waals surface area contributed by atoms with E-state index in [4.69, 9.17) is 9.84 Å². The van der Waals surface area contributed by atoms with Crippen molar-refractivity contribution in [3.8, 4) is 0 Å². The highest BCUT2D eigenvalue weighted by Gasteiger charge is 2.59. The van der Waals surface area contributed by atoms with Gasteiger partial charge in [0.15, 0.2) is 5.78 Å². The van der Waals surface area contributed by atoms with E-state index >= 15 is 0 Å². The van der Waals surface area contributed by atoms with Crippen LogP contribution in [0.15, 0.2) is 23.8 Å². The summed E-state index contributed by atoms with van der Waals surface area (Å²) in [5, 5.41) is 8.72. The number of ketones is 1. The summed E-state index contributed by atoms with van der Waals surface area (Å²) in [4.78, 5) is 22.2. The lowest BCUT2D eigenvalue weighted by Gasteiger charge is -2.58. The summed E-state index contributed by atoms with van der Waals surface area (Å²) in [7, 11) is 0. The van der Waals surface area contributed by atoms with Crippen LogP contribution in [0.3, 0.4) is 0 Å². The maximum Gasteiger partial charge on any atom is 0.311 e. The molecule has 0 spiro atoms. The highest BCUT2D eigenvalue weighted by Crippen LogP contribution is 2.67. The molecule has 4 heteroatoms. The van der Waals surface area contributed by atoms with Gasteiger partial charge in [0.2, 0.25) is 0 Å². The van der Waals surface area contributed by atoms with Crippen LogP contribution in [-0.2, 0) is 14.3 Å². The number of allylic oxidation sites excluding steroid dienone is 2. The first-order valence-electron chi connectivity index (χ1n) is 15.3. The molecule has 0 saturated heterocycles. The molecule has 0 radical (unpaired) electrons. The molecule has 0 amide bonds. The first-order valence-corrected chi connectivity index (χ1v) is 15.3. The highest BCUT2D eigenvalue weighted by molar-refractivity contribution is 6.01. The molecule has 4 nitrogen and oxygen atoms in total. The molecular weight excluding hydrogens is 460 g/mol. The molecule has 4 aliphatic rings. The van der Waals surface area contributed by atoms with Gasteiger partial charge >= 0.3 is 5.97 Å². The Kier molecular flexibility index (Phi) is 9.09. The number of ether oxygens (including phenoxy) is 1. The Labute approximate surface area is 225 Å². The summed E-state index contributed by atoms with van der Waals surface area (Å²) in [5.41, 5.74) is 2.47. The Balaban J connectivity index is 1.35. The molecule has 0 aromatic carbocycles. The van der Waals surface area contributed by atoms with Gasteiger partial charge in [-0.15, -0.1) is 0 Å². The van der Waals surface area contributed by atoms with Crippen molar-refractivity contribution in [3.63, 3.8) is 0 Å². The van der Waals surface area contributed by atoms with Crippen LogP contribution in [0.4, 0.5) is 0 Å². The molecule has 0 aliphatic heterocycles. The smallest absolute Gasteiger partial charge is 0.311 e. The van der Waals surface area contributed by atoms with E-state index in [1.54, 1.807) is 11.6 Å². The fraction of sp³-hybridized carbons (Fsp3) is 0.818. The van der Waals surface area contributed by atoms with E-state index in [1.165, 1.54) is 63.9 Å². The molecule has 37 heavy (non-hydrogen) atoms. The quantitative estimate of drug-likeness (QED) is 0.173. The van der Waals surface area contributed by atoms with Crippen LogP contribution in [-0.4, -0.2) is 29.6 Å². The molecule has 3 saturated carbocycles. The number of carboxylic acids is 1. The normalized spacial score (nSPS) is 38.1. The van der Waals surface area contributed by atoms with Crippen LogP contribution in [0.1, 0.15) is 112 Å². The summed E-state index contributed by atoms with van der Waals surface area (Å²) < 4.78 is 6.11. The zero-order chi connectivity index (χ0) is 26.8. The van der Waals surface area contributed by atoms with Gasteiger partial charge in [-0.05, 0) is 104 Å². The van der Waals surface area contributed by atoms with Crippen LogP contribution in [0.25, 0.3) is 0 Å². The van der Waals surface area contributed by atoms with Gasteiger partial charge in [-0.1, -0.05) is 71.6 Å². The van der Waals surface area contributed by atoms with Crippen LogP contribution < -0.4 is 0 Å². The lowest BCUT2D eigenvalue weighted by molar-refractivity contribution is -0.139. The molecule has 0 heterocycles. The van der Waals surface area contributed by atoms with Gasteiger partial charge in [0, 0.05) is 0 Å². The Bertz CT molecular complexity index is 887. The lowest BCUT2D eigenvalue weighted by Crippen LogP contribution is -2.51. The molecule has 0 bridgehead atoms.